The van der Waals surface area contributed by atoms with Crippen LogP contribution in [0.1, 0.15) is 31.4 Å². The van der Waals surface area contributed by atoms with E-state index in [1.165, 1.54) is 5.69 Å². The number of carbonyl (C=O) groups excluding carboxylic acids is 1. The maximum Gasteiger partial charge on any atom is 0.225 e. The Balaban J connectivity index is 1.77. The number of nitrogens with zero attached hydrogens (tertiary/aromatic N) is 1. The average Bonchev–Trinajstić information content (AvgIpc) is 2.89. The summed E-state index contributed by atoms with van der Waals surface area (Å²) in [6, 6.07) is 4.34. The van der Waals surface area contributed by atoms with E-state index < -0.39 is 0 Å². The molecule has 0 saturated heterocycles. The van der Waals surface area contributed by atoms with Gasteiger partial charge in [0, 0.05) is 43.9 Å². The Labute approximate surface area is 109 Å². The van der Waals surface area contributed by atoms with Crippen LogP contribution in [0.25, 0.3) is 0 Å². The van der Waals surface area contributed by atoms with Gasteiger partial charge in [0.25, 0.3) is 0 Å². The monoisotopic (exact) mass is 249 g/mol. The normalized spacial score (nSPS) is 23.9. The number of hydrogen-bond acceptors (Lipinski definition) is 2. The summed E-state index contributed by atoms with van der Waals surface area (Å²) in [5, 5.41) is 0. The Kier molecular flexibility index (Phi) is 4.42. The van der Waals surface area contributed by atoms with Gasteiger partial charge in [0.2, 0.25) is 5.91 Å². The Morgan fingerprint density at radius 1 is 1.44 bits per heavy atom. The highest BCUT2D eigenvalue weighted by molar-refractivity contribution is 5.78. The first kappa shape index (κ1) is 13.1. The van der Waals surface area contributed by atoms with Gasteiger partial charge in [-0.15, -0.1) is 0 Å². The van der Waals surface area contributed by atoms with Crippen molar-refractivity contribution in [2.45, 2.75) is 38.1 Å². The zero-order valence-corrected chi connectivity index (χ0v) is 11.1. The summed E-state index contributed by atoms with van der Waals surface area (Å²) >= 11 is 0. The van der Waals surface area contributed by atoms with E-state index in [0.717, 1.165) is 38.6 Å². The fourth-order valence-corrected chi connectivity index (χ4v) is 2.60. The molecular formula is C14H23N3O. The number of aromatic nitrogens is 1. The Bertz CT molecular complexity index is 366. The molecule has 0 unspecified atom stereocenters. The van der Waals surface area contributed by atoms with Crippen molar-refractivity contribution in [3.05, 3.63) is 24.0 Å². The van der Waals surface area contributed by atoms with Crippen LogP contribution in [-0.4, -0.2) is 35.4 Å². The van der Waals surface area contributed by atoms with Crippen LogP contribution in [0, 0.1) is 5.92 Å². The van der Waals surface area contributed by atoms with Gasteiger partial charge in [-0.1, -0.05) is 0 Å². The zero-order chi connectivity index (χ0) is 13.0. The topological polar surface area (TPSA) is 62.1 Å². The van der Waals surface area contributed by atoms with Gasteiger partial charge in [-0.2, -0.15) is 0 Å². The molecule has 4 heteroatoms. The third kappa shape index (κ3) is 3.35. The number of likely N-dealkylation sites (N-methyl/N-ethyl adjacent to an activating group) is 1. The molecule has 0 spiro atoms. The molecule has 1 aromatic rings. The number of carbonyl (C=O) groups is 1. The summed E-state index contributed by atoms with van der Waals surface area (Å²) in [6.45, 7) is 0.780. The van der Waals surface area contributed by atoms with Crippen molar-refractivity contribution in [2.75, 3.05) is 13.6 Å². The third-order valence-electron chi connectivity index (χ3n) is 3.88. The van der Waals surface area contributed by atoms with Crippen molar-refractivity contribution in [1.29, 1.82) is 0 Å². The number of H-pyrrole nitrogens is 1. The van der Waals surface area contributed by atoms with E-state index in [0.29, 0.717) is 6.04 Å². The minimum atomic E-state index is 0.193. The van der Waals surface area contributed by atoms with Crippen LogP contribution in [0.3, 0.4) is 0 Å². The van der Waals surface area contributed by atoms with E-state index in [4.69, 9.17) is 5.73 Å². The lowest BCUT2D eigenvalue weighted by molar-refractivity contribution is -0.135. The van der Waals surface area contributed by atoms with Crippen LogP contribution >= 0.6 is 0 Å². The summed E-state index contributed by atoms with van der Waals surface area (Å²) in [6.07, 6.45) is 6.68. The molecule has 3 N–H and O–H groups in total. The molecule has 2 rings (SSSR count). The summed E-state index contributed by atoms with van der Waals surface area (Å²) < 4.78 is 0. The molecule has 1 saturated carbocycles. The lowest BCUT2D eigenvalue weighted by atomic mass is 9.85. The fraction of sp³-hybridized carbons (Fsp3) is 0.643. The highest BCUT2D eigenvalue weighted by Crippen LogP contribution is 2.24. The second-order valence-electron chi connectivity index (χ2n) is 5.32. The molecule has 1 aliphatic carbocycles. The molecule has 1 aliphatic rings. The minimum Gasteiger partial charge on any atom is -0.365 e. The van der Waals surface area contributed by atoms with Gasteiger partial charge in [-0.3, -0.25) is 4.79 Å². The van der Waals surface area contributed by atoms with Crippen LogP contribution < -0.4 is 5.73 Å². The number of amides is 1. The van der Waals surface area contributed by atoms with Crippen LogP contribution in [0.5, 0.6) is 0 Å². The van der Waals surface area contributed by atoms with Crippen molar-refractivity contribution in [1.82, 2.24) is 9.88 Å². The zero-order valence-electron chi connectivity index (χ0n) is 11.1. The van der Waals surface area contributed by atoms with Crippen molar-refractivity contribution < 1.29 is 4.79 Å². The van der Waals surface area contributed by atoms with E-state index in [2.05, 4.69) is 11.1 Å². The molecule has 0 radical (unpaired) electrons. The average molecular weight is 249 g/mol. The number of aromatic amines is 1. The highest BCUT2D eigenvalue weighted by Gasteiger charge is 2.26. The number of rotatable bonds is 4. The van der Waals surface area contributed by atoms with Gasteiger partial charge < -0.3 is 15.6 Å². The molecule has 1 amide bonds. The number of nitrogens with one attached hydrogen (secondary N) is 1. The van der Waals surface area contributed by atoms with Crippen molar-refractivity contribution >= 4 is 5.91 Å². The molecular weight excluding hydrogens is 226 g/mol. The van der Waals surface area contributed by atoms with Gasteiger partial charge in [-0.05, 0) is 37.8 Å². The lowest BCUT2D eigenvalue weighted by Crippen LogP contribution is -2.38. The SMILES string of the molecule is CN(CCc1ccc[nH]1)C(=O)C1CCC(N)CC1. The predicted octanol–water partition coefficient (Wildman–Crippen LogP) is 1.53. The summed E-state index contributed by atoms with van der Waals surface area (Å²) in [5.74, 6) is 0.479. The van der Waals surface area contributed by atoms with Gasteiger partial charge in [-0.25, -0.2) is 0 Å². The molecule has 0 bridgehead atoms. The lowest BCUT2D eigenvalue weighted by Gasteiger charge is -2.28. The van der Waals surface area contributed by atoms with E-state index in [1.807, 2.05) is 24.2 Å². The first-order valence-corrected chi connectivity index (χ1v) is 6.79. The minimum absolute atomic E-state index is 0.193. The number of nitrogens with two attached hydrogens (primary N) is 1. The first-order valence-electron chi connectivity index (χ1n) is 6.79. The van der Waals surface area contributed by atoms with E-state index in [1.54, 1.807) is 0 Å². The van der Waals surface area contributed by atoms with Gasteiger partial charge >= 0.3 is 0 Å². The highest BCUT2D eigenvalue weighted by atomic mass is 16.2. The fourth-order valence-electron chi connectivity index (χ4n) is 2.60. The van der Waals surface area contributed by atoms with Crippen LogP contribution in [0.4, 0.5) is 0 Å². The largest absolute Gasteiger partial charge is 0.365 e. The van der Waals surface area contributed by atoms with E-state index >= 15 is 0 Å². The second-order valence-corrected chi connectivity index (χ2v) is 5.32. The van der Waals surface area contributed by atoms with Crippen LogP contribution in [-0.2, 0) is 11.2 Å². The van der Waals surface area contributed by atoms with Crippen molar-refractivity contribution in [2.24, 2.45) is 11.7 Å². The van der Waals surface area contributed by atoms with Crippen LogP contribution in [0.2, 0.25) is 0 Å². The Morgan fingerprint density at radius 3 is 2.78 bits per heavy atom. The smallest absolute Gasteiger partial charge is 0.225 e. The molecule has 1 heterocycles. The Hall–Kier alpha value is -1.29. The standard InChI is InChI=1S/C14H23N3O/c1-17(10-8-13-3-2-9-16-13)14(18)11-4-6-12(15)7-5-11/h2-3,9,11-12,16H,4-8,10,15H2,1H3. The maximum absolute atomic E-state index is 12.2. The summed E-state index contributed by atoms with van der Waals surface area (Å²) in [4.78, 5) is 17.3. The molecule has 4 nitrogen and oxygen atoms in total. The predicted molar refractivity (Wildman–Crippen MR) is 72.1 cm³/mol. The molecule has 1 fully saturated rings. The summed E-state index contributed by atoms with van der Waals surface area (Å²) in [7, 11) is 1.90. The van der Waals surface area contributed by atoms with Crippen molar-refractivity contribution in [3.8, 4) is 0 Å². The van der Waals surface area contributed by atoms with Crippen molar-refractivity contribution in [3.63, 3.8) is 0 Å². The Morgan fingerprint density at radius 2 is 2.17 bits per heavy atom. The molecule has 1 aromatic heterocycles. The van der Waals surface area contributed by atoms with Gasteiger partial charge in [0.05, 0.1) is 0 Å². The molecule has 0 aliphatic heterocycles. The van der Waals surface area contributed by atoms with Crippen LogP contribution in [0.15, 0.2) is 18.3 Å². The number of hydrogen-bond donors (Lipinski definition) is 2. The summed E-state index contributed by atoms with van der Waals surface area (Å²) in [5.41, 5.74) is 7.05. The quantitative estimate of drug-likeness (QED) is 0.850. The maximum atomic E-state index is 12.2. The van der Waals surface area contributed by atoms with Gasteiger partial charge in [0.1, 0.15) is 0 Å². The molecule has 18 heavy (non-hydrogen) atoms. The molecule has 100 valence electrons. The molecule has 0 atom stereocenters. The van der Waals surface area contributed by atoms with E-state index in [9.17, 15) is 4.79 Å². The second kappa shape index (κ2) is 6.05. The third-order valence-corrected chi connectivity index (χ3v) is 3.88. The van der Waals surface area contributed by atoms with Gasteiger partial charge in [0.15, 0.2) is 0 Å². The molecule has 0 aromatic carbocycles. The first-order chi connectivity index (χ1) is 8.66. The van der Waals surface area contributed by atoms with E-state index in [-0.39, 0.29) is 11.8 Å².